The molecule has 0 aromatic carbocycles. The predicted molar refractivity (Wildman–Crippen MR) is 148 cm³/mol. The van der Waals surface area contributed by atoms with Gasteiger partial charge >= 0.3 is 0 Å². The average Bonchev–Trinajstić information content (AvgIpc) is 3.31. The molecule has 0 spiro atoms. The number of pyridine rings is 1. The van der Waals surface area contributed by atoms with Gasteiger partial charge in [0.2, 0.25) is 0 Å². The minimum absolute atomic E-state index is 0.0537. The van der Waals surface area contributed by atoms with E-state index in [4.69, 9.17) is 12.2 Å². The van der Waals surface area contributed by atoms with E-state index >= 15 is 0 Å². The van der Waals surface area contributed by atoms with Crippen LogP contribution < -0.4 is 10.5 Å². The zero-order chi connectivity index (χ0) is 26.2. The van der Waals surface area contributed by atoms with Crippen LogP contribution in [0.3, 0.4) is 0 Å². The predicted octanol–water partition coefficient (Wildman–Crippen LogP) is 3.45. The third-order valence-corrected chi connectivity index (χ3v) is 10.3. The zero-order valence-corrected chi connectivity index (χ0v) is 23.4. The number of carbonyl (C=O) groups excluding carboxylic acids is 1. The Morgan fingerprint density at radius 1 is 1.28 bits per heavy atom. The molecular formula is C25H32N4O4S3. The SMILES string of the molecule is CCCCn1c(N2CCCC(C)C2)c(/C=C2\SC(=S)N(C3CCS(=O)(=O)C3)C2=O)c(C)c(C#N)c1=O. The zero-order valence-electron chi connectivity index (χ0n) is 20.9. The second-order valence-electron chi connectivity index (χ2n) is 9.96. The summed E-state index contributed by atoms with van der Waals surface area (Å²) in [4.78, 5) is 30.9. The number of carbonyl (C=O) groups is 1. The van der Waals surface area contributed by atoms with Crippen molar-refractivity contribution in [2.75, 3.05) is 29.5 Å². The van der Waals surface area contributed by atoms with Gasteiger partial charge in [0.25, 0.3) is 11.5 Å². The van der Waals surface area contributed by atoms with Crippen molar-refractivity contribution in [3.05, 3.63) is 31.9 Å². The van der Waals surface area contributed by atoms with Gasteiger partial charge in [-0.2, -0.15) is 5.26 Å². The van der Waals surface area contributed by atoms with Crippen molar-refractivity contribution >= 4 is 55.9 Å². The van der Waals surface area contributed by atoms with E-state index in [1.807, 2.05) is 0 Å². The summed E-state index contributed by atoms with van der Waals surface area (Å²) in [5.74, 6) is 0.876. The quantitative estimate of drug-likeness (QED) is 0.393. The van der Waals surface area contributed by atoms with Gasteiger partial charge in [-0.25, -0.2) is 8.42 Å². The fraction of sp³-hybridized carbons (Fsp3) is 0.600. The summed E-state index contributed by atoms with van der Waals surface area (Å²) in [5, 5.41) is 9.85. The van der Waals surface area contributed by atoms with Crippen LogP contribution in [0.15, 0.2) is 9.70 Å². The molecule has 2 unspecified atom stereocenters. The number of rotatable bonds is 6. The van der Waals surface area contributed by atoms with Gasteiger partial charge in [-0.05, 0) is 50.2 Å². The number of thioether (sulfide) groups is 1. The van der Waals surface area contributed by atoms with Gasteiger partial charge in [0.15, 0.2) is 9.84 Å². The Morgan fingerprint density at radius 3 is 2.64 bits per heavy atom. The van der Waals surface area contributed by atoms with Gasteiger partial charge < -0.3 is 4.90 Å². The van der Waals surface area contributed by atoms with Crippen LogP contribution in [0.4, 0.5) is 5.82 Å². The number of nitriles is 1. The number of piperidine rings is 1. The van der Waals surface area contributed by atoms with Crippen molar-refractivity contribution in [3.63, 3.8) is 0 Å². The maximum Gasteiger partial charge on any atom is 0.270 e. The number of nitrogens with zero attached hydrogens (tertiary/aromatic N) is 4. The molecule has 4 heterocycles. The van der Waals surface area contributed by atoms with E-state index in [0.717, 1.165) is 56.4 Å². The molecular weight excluding hydrogens is 517 g/mol. The summed E-state index contributed by atoms with van der Waals surface area (Å²) >= 11 is 6.65. The van der Waals surface area contributed by atoms with Crippen molar-refractivity contribution in [1.29, 1.82) is 5.26 Å². The average molecular weight is 549 g/mol. The van der Waals surface area contributed by atoms with E-state index in [2.05, 4.69) is 24.8 Å². The molecule has 0 saturated carbocycles. The van der Waals surface area contributed by atoms with Crippen LogP contribution in [0.2, 0.25) is 0 Å². The topological polar surface area (TPSA) is 103 Å². The third-order valence-electron chi connectivity index (χ3n) is 7.21. The lowest BCUT2D eigenvalue weighted by Crippen LogP contribution is -2.40. The number of unbranched alkanes of at least 4 members (excludes halogenated alkanes) is 1. The van der Waals surface area contributed by atoms with Crippen LogP contribution in [-0.2, 0) is 21.2 Å². The lowest BCUT2D eigenvalue weighted by atomic mass is 9.97. The van der Waals surface area contributed by atoms with Crippen molar-refractivity contribution in [2.45, 2.75) is 65.5 Å². The summed E-state index contributed by atoms with van der Waals surface area (Å²) in [6.07, 6.45) is 5.94. The van der Waals surface area contributed by atoms with Gasteiger partial charge in [-0.1, -0.05) is 44.2 Å². The lowest BCUT2D eigenvalue weighted by molar-refractivity contribution is -0.123. The van der Waals surface area contributed by atoms with Gasteiger partial charge in [-0.3, -0.25) is 19.1 Å². The maximum atomic E-state index is 13.5. The standard InChI is InChI=1S/C25H32N4O4S3/c1-4-5-10-28-22(27-9-6-7-16(2)14-27)19(17(3)20(13-26)23(28)30)12-21-24(31)29(25(34)35-21)18-8-11-36(32,33)15-18/h12,16,18H,4-11,14-15H2,1-3H3/b21-12-. The Balaban J connectivity index is 1.85. The number of hydrogen-bond donors (Lipinski definition) is 0. The van der Waals surface area contributed by atoms with Crippen molar-refractivity contribution in [2.24, 2.45) is 5.92 Å². The molecule has 3 fully saturated rings. The van der Waals surface area contributed by atoms with Crippen molar-refractivity contribution < 1.29 is 13.2 Å². The van der Waals surface area contributed by atoms with Crippen LogP contribution in [0.1, 0.15) is 62.6 Å². The summed E-state index contributed by atoms with van der Waals surface area (Å²) in [5.41, 5.74) is 1.04. The second kappa shape index (κ2) is 10.7. The van der Waals surface area contributed by atoms with Gasteiger partial charge in [0, 0.05) is 25.2 Å². The van der Waals surface area contributed by atoms with Crippen LogP contribution in [-0.4, -0.2) is 58.7 Å². The highest BCUT2D eigenvalue weighted by Crippen LogP contribution is 2.39. The summed E-state index contributed by atoms with van der Waals surface area (Å²) in [6.45, 7) is 8.09. The summed E-state index contributed by atoms with van der Waals surface area (Å²) in [7, 11) is -3.18. The van der Waals surface area contributed by atoms with Crippen LogP contribution in [0.25, 0.3) is 6.08 Å². The number of sulfone groups is 1. The van der Waals surface area contributed by atoms with Crippen LogP contribution in [0, 0.1) is 24.2 Å². The molecule has 194 valence electrons. The van der Waals surface area contributed by atoms with E-state index in [9.17, 15) is 23.3 Å². The van der Waals surface area contributed by atoms with Crippen molar-refractivity contribution in [1.82, 2.24) is 9.47 Å². The van der Waals surface area contributed by atoms with Gasteiger partial charge in [-0.15, -0.1) is 0 Å². The number of amides is 1. The molecule has 0 radical (unpaired) electrons. The fourth-order valence-electron chi connectivity index (χ4n) is 5.30. The highest BCUT2D eigenvalue weighted by molar-refractivity contribution is 8.26. The fourth-order valence-corrected chi connectivity index (χ4v) is 8.38. The second-order valence-corrected chi connectivity index (χ2v) is 13.9. The first-order valence-electron chi connectivity index (χ1n) is 12.5. The number of hydrogen-bond acceptors (Lipinski definition) is 8. The monoisotopic (exact) mass is 548 g/mol. The number of anilines is 1. The molecule has 4 rings (SSSR count). The molecule has 8 nitrogen and oxygen atoms in total. The summed E-state index contributed by atoms with van der Waals surface area (Å²) < 4.78 is 26.1. The van der Waals surface area contributed by atoms with E-state index in [1.54, 1.807) is 17.6 Å². The van der Waals surface area contributed by atoms with E-state index in [1.165, 1.54) is 4.90 Å². The highest BCUT2D eigenvalue weighted by atomic mass is 32.2. The smallest absolute Gasteiger partial charge is 0.270 e. The molecule has 11 heteroatoms. The Morgan fingerprint density at radius 2 is 2.03 bits per heavy atom. The van der Waals surface area contributed by atoms with Gasteiger partial charge in [0.1, 0.15) is 21.8 Å². The largest absolute Gasteiger partial charge is 0.357 e. The summed E-state index contributed by atoms with van der Waals surface area (Å²) in [6, 6.07) is 1.64. The molecule has 1 aromatic rings. The van der Waals surface area contributed by atoms with Crippen LogP contribution >= 0.6 is 24.0 Å². The highest BCUT2D eigenvalue weighted by Gasteiger charge is 2.42. The first kappa shape index (κ1) is 26.9. The molecule has 0 bridgehead atoms. The molecule has 36 heavy (non-hydrogen) atoms. The maximum absolute atomic E-state index is 13.5. The van der Waals surface area contributed by atoms with E-state index in [-0.39, 0.29) is 28.5 Å². The van der Waals surface area contributed by atoms with Gasteiger partial charge in [0.05, 0.1) is 22.5 Å². The van der Waals surface area contributed by atoms with Crippen LogP contribution in [0.5, 0.6) is 0 Å². The number of thiocarbonyl (C=S) groups is 1. The Bertz CT molecular complexity index is 1330. The minimum Gasteiger partial charge on any atom is -0.357 e. The first-order valence-corrected chi connectivity index (χ1v) is 15.5. The third kappa shape index (κ3) is 5.13. The molecule has 3 aliphatic rings. The molecule has 1 amide bonds. The minimum atomic E-state index is -3.18. The Kier molecular flexibility index (Phi) is 7.98. The first-order chi connectivity index (χ1) is 17.1. The van der Waals surface area contributed by atoms with E-state index < -0.39 is 15.9 Å². The Hall–Kier alpha value is -2.16. The van der Waals surface area contributed by atoms with Crippen molar-refractivity contribution in [3.8, 4) is 6.07 Å². The molecule has 0 N–H and O–H groups in total. The normalized spacial score (nSPS) is 25.1. The Labute approximate surface area is 222 Å². The molecule has 3 aliphatic heterocycles. The molecule has 1 aromatic heterocycles. The van der Waals surface area contributed by atoms with E-state index in [0.29, 0.717) is 39.2 Å². The number of aromatic nitrogens is 1. The molecule has 2 atom stereocenters. The lowest BCUT2D eigenvalue weighted by Gasteiger charge is -2.36. The molecule has 0 aliphatic carbocycles. The molecule has 3 saturated heterocycles.